The molecule has 1 atom stereocenters. The number of hydrogen-bond acceptors (Lipinski definition) is 4. The van der Waals surface area contributed by atoms with Crippen LogP contribution in [0, 0.1) is 11.3 Å². The molecule has 5 aromatic rings. The fraction of sp³-hybridized carbons (Fsp3) is 0.107. The van der Waals surface area contributed by atoms with Crippen LogP contribution in [0.15, 0.2) is 90.1 Å². The van der Waals surface area contributed by atoms with E-state index < -0.39 is 6.10 Å². The lowest BCUT2D eigenvalue weighted by atomic mass is 9.97. The van der Waals surface area contributed by atoms with Gasteiger partial charge in [-0.3, -0.25) is 4.79 Å². The van der Waals surface area contributed by atoms with Gasteiger partial charge in [-0.1, -0.05) is 41.9 Å². The highest BCUT2D eigenvalue weighted by molar-refractivity contribution is 6.30. The summed E-state index contributed by atoms with van der Waals surface area (Å²) in [5, 5.41) is 21.8. The van der Waals surface area contributed by atoms with E-state index >= 15 is 0 Å². The number of aryl methyl sites for hydroxylation is 1. The number of halogens is 1. The molecule has 1 N–H and O–H groups in total. The molecular weight excluding hydrogens is 460 g/mol. The Kier molecular flexibility index (Phi) is 5.96. The topological polar surface area (TPSA) is 83.8 Å². The maximum absolute atomic E-state index is 12.6. The van der Waals surface area contributed by atoms with Crippen LogP contribution < -0.4 is 5.56 Å². The van der Waals surface area contributed by atoms with Crippen LogP contribution in [0.4, 0.5) is 0 Å². The second-order valence-electron chi connectivity index (χ2n) is 8.40. The molecule has 0 aliphatic carbocycles. The highest BCUT2D eigenvalue weighted by Crippen LogP contribution is 2.32. The molecule has 0 saturated carbocycles. The monoisotopic (exact) mass is 480 g/mol. The Balaban J connectivity index is 1.56. The van der Waals surface area contributed by atoms with Crippen molar-refractivity contribution in [3.05, 3.63) is 123 Å². The van der Waals surface area contributed by atoms with Crippen molar-refractivity contribution in [1.82, 2.24) is 14.1 Å². The predicted octanol–water partition coefficient (Wildman–Crippen LogP) is 5.06. The van der Waals surface area contributed by atoms with Crippen LogP contribution in [-0.4, -0.2) is 19.2 Å². The summed E-state index contributed by atoms with van der Waals surface area (Å²) in [6.45, 7) is 0.508. The molecule has 2 heterocycles. The summed E-state index contributed by atoms with van der Waals surface area (Å²) in [4.78, 5) is 16.9. The van der Waals surface area contributed by atoms with Crippen LogP contribution in [0.3, 0.4) is 0 Å². The molecule has 0 aliphatic rings. The van der Waals surface area contributed by atoms with Crippen molar-refractivity contribution in [1.29, 1.82) is 5.26 Å². The summed E-state index contributed by atoms with van der Waals surface area (Å²) in [6, 6.07) is 24.0. The molecule has 0 amide bonds. The number of nitriles is 1. The summed E-state index contributed by atoms with van der Waals surface area (Å²) in [7, 11) is 1.73. The fourth-order valence-corrected chi connectivity index (χ4v) is 4.48. The lowest BCUT2D eigenvalue weighted by molar-refractivity contribution is 0.210. The first-order chi connectivity index (χ1) is 16.9. The molecule has 0 bridgehead atoms. The van der Waals surface area contributed by atoms with Gasteiger partial charge in [0.25, 0.3) is 5.56 Å². The van der Waals surface area contributed by atoms with E-state index in [2.05, 4.69) is 11.1 Å². The molecule has 6 nitrogen and oxygen atoms in total. The van der Waals surface area contributed by atoms with Gasteiger partial charge in [-0.05, 0) is 58.7 Å². The van der Waals surface area contributed by atoms with Crippen LogP contribution in [-0.2, 0) is 13.6 Å². The van der Waals surface area contributed by atoms with Gasteiger partial charge in [-0.25, -0.2) is 4.98 Å². The minimum absolute atomic E-state index is 0.124. The normalized spacial score (nSPS) is 11.9. The van der Waals surface area contributed by atoms with Gasteiger partial charge in [0.15, 0.2) is 0 Å². The van der Waals surface area contributed by atoms with Crippen LogP contribution in [0.25, 0.3) is 22.0 Å². The predicted molar refractivity (Wildman–Crippen MR) is 136 cm³/mol. The lowest BCUT2D eigenvalue weighted by Gasteiger charge is -2.17. The van der Waals surface area contributed by atoms with E-state index in [1.54, 1.807) is 48.4 Å². The zero-order chi connectivity index (χ0) is 24.5. The molecule has 1 unspecified atom stereocenters. The van der Waals surface area contributed by atoms with Gasteiger partial charge in [0.2, 0.25) is 0 Å². The number of imidazole rings is 1. The number of aromatic nitrogens is 3. The SMILES string of the molecule is Cn1c(=O)cc(-c2cccc(Cl)c2)c2cc(C(O)c3cncn3Cc3ccc(C#N)cc3)ccc21. The quantitative estimate of drug-likeness (QED) is 0.381. The Bertz CT molecular complexity index is 1640. The number of aliphatic hydroxyl groups is 1. The van der Waals surface area contributed by atoms with Crippen molar-refractivity contribution in [2.24, 2.45) is 7.05 Å². The van der Waals surface area contributed by atoms with Crippen molar-refractivity contribution >= 4 is 22.5 Å². The number of pyridine rings is 1. The first-order valence-electron chi connectivity index (χ1n) is 11.0. The Labute approximate surface area is 206 Å². The summed E-state index contributed by atoms with van der Waals surface area (Å²) >= 11 is 6.22. The van der Waals surface area contributed by atoms with E-state index in [1.165, 1.54) is 0 Å². The summed E-state index contributed by atoms with van der Waals surface area (Å²) in [5.74, 6) is 0. The van der Waals surface area contributed by atoms with Gasteiger partial charge in [0.1, 0.15) is 6.10 Å². The second kappa shape index (κ2) is 9.22. The zero-order valence-electron chi connectivity index (χ0n) is 18.9. The highest BCUT2D eigenvalue weighted by Gasteiger charge is 2.18. The summed E-state index contributed by atoms with van der Waals surface area (Å²) < 4.78 is 3.48. The molecule has 7 heteroatoms. The molecule has 0 saturated heterocycles. The fourth-order valence-electron chi connectivity index (χ4n) is 4.29. The molecule has 172 valence electrons. The van der Waals surface area contributed by atoms with Crippen molar-refractivity contribution in [2.45, 2.75) is 12.6 Å². The molecule has 0 spiro atoms. The van der Waals surface area contributed by atoms with Crippen LogP contribution in [0.1, 0.15) is 28.5 Å². The number of hydrogen-bond donors (Lipinski definition) is 1. The van der Waals surface area contributed by atoms with Crippen LogP contribution in [0.2, 0.25) is 5.02 Å². The largest absolute Gasteiger partial charge is 0.382 e. The van der Waals surface area contributed by atoms with E-state index in [-0.39, 0.29) is 5.56 Å². The zero-order valence-corrected chi connectivity index (χ0v) is 19.6. The minimum atomic E-state index is -0.926. The first kappa shape index (κ1) is 22.6. The third-order valence-corrected chi connectivity index (χ3v) is 6.42. The average molecular weight is 481 g/mol. The standard InChI is InChI=1S/C28H21ClN4O2/c1-32-25-10-9-21(12-24(25)23(13-27(32)34)20-3-2-4-22(29)11-20)28(35)26-15-31-17-33(26)16-19-7-5-18(14-30)6-8-19/h2-13,15,17,28,35H,16H2,1H3. The molecule has 0 radical (unpaired) electrons. The second-order valence-corrected chi connectivity index (χ2v) is 8.84. The maximum atomic E-state index is 12.6. The van der Waals surface area contributed by atoms with Gasteiger partial charge in [0, 0.05) is 30.1 Å². The van der Waals surface area contributed by atoms with Gasteiger partial charge in [-0.15, -0.1) is 0 Å². The number of benzene rings is 3. The van der Waals surface area contributed by atoms with Crippen LogP contribution >= 0.6 is 11.6 Å². The highest BCUT2D eigenvalue weighted by atomic mass is 35.5. The van der Waals surface area contributed by atoms with Crippen molar-refractivity contribution in [3.63, 3.8) is 0 Å². The molecule has 2 aromatic heterocycles. The molecule has 0 fully saturated rings. The van der Waals surface area contributed by atoms with Crippen LogP contribution in [0.5, 0.6) is 0 Å². The third kappa shape index (κ3) is 4.35. The van der Waals surface area contributed by atoms with Gasteiger partial charge in [-0.2, -0.15) is 5.26 Å². The first-order valence-corrected chi connectivity index (χ1v) is 11.4. The van der Waals surface area contributed by atoms with Crippen molar-refractivity contribution < 1.29 is 5.11 Å². The molecule has 35 heavy (non-hydrogen) atoms. The maximum Gasteiger partial charge on any atom is 0.251 e. The van der Waals surface area contributed by atoms with Gasteiger partial charge >= 0.3 is 0 Å². The van der Waals surface area contributed by atoms with E-state index in [0.717, 1.165) is 27.6 Å². The van der Waals surface area contributed by atoms with Gasteiger partial charge < -0.3 is 14.2 Å². The number of fused-ring (bicyclic) bond motifs is 1. The molecule has 5 rings (SSSR count). The smallest absolute Gasteiger partial charge is 0.251 e. The number of aliphatic hydroxyl groups excluding tert-OH is 1. The summed E-state index contributed by atoms with van der Waals surface area (Å²) in [5.41, 5.74) is 5.14. The minimum Gasteiger partial charge on any atom is -0.382 e. The van der Waals surface area contributed by atoms with E-state index in [4.69, 9.17) is 16.9 Å². The van der Waals surface area contributed by atoms with Crippen molar-refractivity contribution in [3.8, 4) is 17.2 Å². The Hall–Kier alpha value is -4.18. The Morgan fingerprint density at radius 2 is 1.89 bits per heavy atom. The van der Waals surface area contributed by atoms with Gasteiger partial charge in [0.05, 0.1) is 35.4 Å². The Morgan fingerprint density at radius 1 is 1.09 bits per heavy atom. The van der Waals surface area contributed by atoms with Crippen molar-refractivity contribution in [2.75, 3.05) is 0 Å². The number of nitrogens with zero attached hydrogens (tertiary/aromatic N) is 4. The van der Waals surface area contributed by atoms with E-state index in [0.29, 0.717) is 28.4 Å². The van der Waals surface area contributed by atoms with E-state index in [1.807, 2.05) is 53.1 Å². The summed E-state index contributed by atoms with van der Waals surface area (Å²) in [6.07, 6.45) is 2.40. The number of rotatable bonds is 5. The molecule has 3 aromatic carbocycles. The lowest BCUT2D eigenvalue weighted by Crippen LogP contribution is -2.16. The average Bonchev–Trinajstić information content (AvgIpc) is 3.34. The molecular formula is C28H21ClN4O2. The third-order valence-electron chi connectivity index (χ3n) is 6.18. The Morgan fingerprint density at radius 3 is 2.63 bits per heavy atom. The molecule has 0 aliphatic heterocycles. The van der Waals surface area contributed by atoms with E-state index in [9.17, 15) is 9.90 Å².